The van der Waals surface area contributed by atoms with Crippen LogP contribution in [0.4, 0.5) is 11.4 Å². The Morgan fingerprint density at radius 3 is 2.62 bits per heavy atom. The van der Waals surface area contributed by atoms with E-state index in [4.69, 9.17) is 9.72 Å². The molecule has 0 aliphatic heterocycles. The van der Waals surface area contributed by atoms with Crippen molar-refractivity contribution in [3.63, 3.8) is 0 Å². The molecule has 1 aromatic heterocycles. The third kappa shape index (κ3) is 3.91. The van der Waals surface area contributed by atoms with E-state index in [0.717, 1.165) is 23.2 Å². The van der Waals surface area contributed by atoms with Gasteiger partial charge in [-0.15, -0.1) is 0 Å². The molecule has 0 saturated heterocycles. The van der Waals surface area contributed by atoms with Crippen molar-refractivity contribution < 1.29 is 4.74 Å². The Kier molecular flexibility index (Phi) is 6.07. The molecule has 2 atom stereocenters. The summed E-state index contributed by atoms with van der Waals surface area (Å²) in [6, 6.07) is 14.5. The van der Waals surface area contributed by atoms with E-state index in [1.807, 2.05) is 40.1 Å². The number of aryl methyl sites for hydroxylation is 2. The van der Waals surface area contributed by atoms with Gasteiger partial charge in [0.05, 0.1) is 17.8 Å². The van der Waals surface area contributed by atoms with E-state index in [-0.39, 0.29) is 17.7 Å². The van der Waals surface area contributed by atoms with Gasteiger partial charge in [0.25, 0.3) is 5.56 Å². The SMILES string of the molecule is CCO[C@H]1Cc2ccccc2C1Nc1c(C)nc(-c2ccc(N(C)C)cc2C)n(C)c1=O. The van der Waals surface area contributed by atoms with Gasteiger partial charge in [0.1, 0.15) is 11.5 Å². The molecule has 0 saturated carbocycles. The number of fused-ring (bicyclic) bond motifs is 1. The molecule has 3 aromatic rings. The smallest absolute Gasteiger partial charge is 0.277 e. The predicted molar refractivity (Wildman–Crippen MR) is 131 cm³/mol. The number of aromatic nitrogens is 2. The van der Waals surface area contributed by atoms with E-state index in [0.29, 0.717) is 23.8 Å². The van der Waals surface area contributed by atoms with Crippen LogP contribution < -0.4 is 15.8 Å². The maximum absolute atomic E-state index is 13.4. The average Bonchev–Trinajstić information content (AvgIpc) is 3.11. The Bertz CT molecular complexity index is 1200. The van der Waals surface area contributed by atoms with Gasteiger partial charge in [-0.05, 0) is 55.7 Å². The second kappa shape index (κ2) is 8.79. The van der Waals surface area contributed by atoms with E-state index in [9.17, 15) is 4.79 Å². The molecule has 0 radical (unpaired) electrons. The topological polar surface area (TPSA) is 59.4 Å². The zero-order chi connectivity index (χ0) is 23.0. The molecule has 0 bridgehead atoms. The summed E-state index contributed by atoms with van der Waals surface area (Å²) >= 11 is 0. The second-order valence-electron chi connectivity index (χ2n) is 8.67. The highest BCUT2D eigenvalue weighted by Crippen LogP contribution is 2.36. The third-order valence-corrected chi connectivity index (χ3v) is 6.30. The van der Waals surface area contributed by atoms with Gasteiger partial charge in [-0.3, -0.25) is 9.36 Å². The van der Waals surface area contributed by atoms with Crippen molar-refractivity contribution in [3.8, 4) is 11.4 Å². The molecule has 168 valence electrons. The number of hydrogen-bond donors (Lipinski definition) is 1. The fourth-order valence-corrected chi connectivity index (χ4v) is 4.55. The number of anilines is 2. The Balaban J connectivity index is 1.73. The average molecular weight is 433 g/mol. The maximum atomic E-state index is 13.4. The predicted octanol–water partition coefficient (Wildman–Crippen LogP) is 4.24. The molecule has 1 aliphatic rings. The second-order valence-corrected chi connectivity index (χ2v) is 8.67. The zero-order valence-electron chi connectivity index (χ0n) is 19.8. The van der Waals surface area contributed by atoms with Crippen LogP contribution in [-0.2, 0) is 18.2 Å². The minimum atomic E-state index is -0.0804. The van der Waals surface area contributed by atoms with Crippen LogP contribution in [0.2, 0.25) is 0 Å². The van der Waals surface area contributed by atoms with Crippen molar-refractivity contribution in [1.82, 2.24) is 9.55 Å². The number of nitrogens with zero attached hydrogens (tertiary/aromatic N) is 3. The lowest BCUT2D eigenvalue weighted by Gasteiger charge is -2.24. The van der Waals surface area contributed by atoms with Crippen LogP contribution in [0.5, 0.6) is 0 Å². The largest absolute Gasteiger partial charge is 0.378 e. The lowest BCUT2D eigenvalue weighted by atomic mass is 10.1. The highest BCUT2D eigenvalue weighted by Gasteiger charge is 2.34. The van der Waals surface area contributed by atoms with Crippen LogP contribution in [0.3, 0.4) is 0 Å². The fourth-order valence-electron chi connectivity index (χ4n) is 4.55. The highest BCUT2D eigenvalue weighted by atomic mass is 16.5. The molecule has 2 aromatic carbocycles. The summed E-state index contributed by atoms with van der Waals surface area (Å²) in [6.45, 7) is 6.59. The van der Waals surface area contributed by atoms with E-state index in [1.165, 1.54) is 11.1 Å². The van der Waals surface area contributed by atoms with Gasteiger partial charge in [-0.2, -0.15) is 0 Å². The van der Waals surface area contributed by atoms with E-state index >= 15 is 0 Å². The molecule has 0 fully saturated rings. The Hall–Kier alpha value is -3.12. The Labute approximate surface area is 189 Å². The summed E-state index contributed by atoms with van der Waals surface area (Å²) in [7, 11) is 5.82. The standard InChI is InChI=1S/C26H32N4O2/c1-7-32-22-15-18-10-8-9-11-21(18)24(22)28-23-17(3)27-25(30(6)26(23)31)20-13-12-19(29(4)5)14-16(20)2/h8-14,22,24,28H,7,15H2,1-6H3/t22-,24?/m0/s1. The number of ether oxygens (including phenoxy) is 1. The van der Waals surface area contributed by atoms with Gasteiger partial charge in [0.2, 0.25) is 0 Å². The van der Waals surface area contributed by atoms with Crippen LogP contribution >= 0.6 is 0 Å². The van der Waals surface area contributed by atoms with Crippen LogP contribution in [0.25, 0.3) is 11.4 Å². The first-order chi connectivity index (χ1) is 15.3. The quantitative estimate of drug-likeness (QED) is 0.631. The van der Waals surface area contributed by atoms with Gasteiger partial charge in [0.15, 0.2) is 0 Å². The molecule has 6 heteroatoms. The first-order valence-electron chi connectivity index (χ1n) is 11.1. The first kappa shape index (κ1) is 22.1. The normalized spacial score (nSPS) is 17.3. The van der Waals surface area contributed by atoms with Crippen molar-refractivity contribution in [3.05, 3.63) is 75.2 Å². The number of hydrogen-bond acceptors (Lipinski definition) is 5. The van der Waals surface area contributed by atoms with E-state index < -0.39 is 0 Å². The lowest BCUT2D eigenvalue weighted by molar-refractivity contribution is 0.0574. The molecule has 0 spiro atoms. The number of nitrogens with one attached hydrogen (secondary N) is 1. The molecule has 1 heterocycles. The molecule has 32 heavy (non-hydrogen) atoms. The summed E-state index contributed by atoms with van der Waals surface area (Å²) in [5.41, 5.74) is 6.76. The Morgan fingerprint density at radius 2 is 1.94 bits per heavy atom. The van der Waals surface area contributed by atoms with Crippen molar-refractivity contribution in [2.75, 3.05) is 30.9 Å². The summed E-state index contributed by atoms with van der Waals surface area (Å²) in [4.78, 5) is 20.4. The minimum Gasteiger partial charge on any atom is -0.378 e. The molecular weight excluding hydrogens is 400 g/mol. The van der Waals surface area contributed by atoms with E-state index in [1.54, 1.807) is 11.6 Å². The molecule has 4 rings (SSSR count). The van der Waals surface area contributed by atoms with Crippen LogP contribution in [0.15, 0.2) is 47.3 Å². The van der Waals surface area contributed by atoms with Crippen LogP contribution in [0.1, 0.15) is 35.3 Å². The third-order valence-electron chi connectivity index (χ3n) is 6.30. The molecule has 6 nitrogen and oxygen atoms in total. The van der Waals surface area contributed by atoms with Crippen molar-refractivity contribution >= 4 is 11.4 Å². The highest BCUT2D eigenvalue weighted by molar-refractivity contribution is 5.67. The molecule has 1 aliphatic carbocycles. The maximum Gasteiger partial charge on any atom is 0.277 e. The lowest BCUT2D eigenvalue weighted by Crippen LogP contribution is -2.31. The number of rotatable bonds is 6. The minimum absolute atomic E-state index is 0.0120. The van der Waals surface area contributed by atoms with Gasteiger partial charge in [-0.25, -0.2) is 4.98 Å². The van der Waals surface area contributed by atoms with Crippen LogP contribution in [0, 0.1) is 13.8 Å². The van der Waals surface area contributed by atoms with Gasteiger partial charge >= 0.3 is 0 Å². The monoisotopic (exact) mass is 432 g/mol. The summed E-state index contributed by atoms with van der Waals surface area (Å²) < 4.78 is 7.67. The van der Waals surface area contributed by atoms with Crippen molar-refractivity contribution in [1.29, 1.82) is 0 Å². The molecule has 1 N–H and O–H groups in total. The Morgan fingerprint density at radius 1 is 1.19 bits per heavy atom. The molecule has 0 amide bonds. The van der Waals surface area contributed by atoms with Gasteiger partial charge in [-0.1, -0.05) is 24.3 Å². The summed E-state index contributed by atoms with van der Waals surface area (Å²) in [5.74, 6) is 0.675. The van der Waals surface area contributed by atoms with Crippen molar-refractivity contribution in [2.45, 2.75) is 39.3 Å². The zero-order valence-corrected chi connectivity index (χ0v) is 19.8. The van der Waals surface area contributed by atoms with Gasteiger partial charge < -0.3 is 15.0 Å². The van der Waals surface area contributed by atoms with E-state index in [2.05, 4.69) is 47.5 Å². The first-order valence-corrected chi connectivity index (χ1v) is 11.1. The van der Waals surface area contributed by atoms with Crippen molar-refractivity contribution in [2.24, 2.45) is 7.05 Å². The summed E-state index contributed by atoms with van der Waals surface area (Å²) in [5, 5.41) is 3.50. The summed E-state index contributed by atoms with van der Waals surface area (Å²) in [6.07, 6.45) is 0.825. The van der Waals surface area contributed by atoms with Gasteiger partial charge in [0, 0.05) is 45.4 Å². The van der Waals surface area contributed by atoms with Crippen LogP contribution in [-0.4, -0.2) is 36.4 Å². The fraction of sp³-hybridized carbons (Fsp3) is 0.385. The molecule has 1 unspecified atom stereocenters. The number of benzene rings is 2. The molecular formula is C26H32N4O2.